The fraction of sp³-hybridized carbons (Fsp3) is 0.0800. The van der Waals surface area contributed by atoms with Crippen LogP contribution in [-0.2, 0) is 9.59 Å². The molecule has 2 amide bonds. The van der Waals surface area contributed by atoms with E-state index in [1.54, 1.807) is 19.1 Å². The molecule has 0 aliphatic rings. The summed E-state index contributed by atoms with van der Waals surface area (Å²) in [6, 6.07) is 24.0. The third-order valence-electron chi connectivity index (χ3n) is 4.77. The Bertz CT molecular complexity index is 1210. The molecule has 6 heteroatoms. The Hall–Kier alpha value is -4.19. The highest BCUT2D eigenvalue weighted by Crippen LogP contribution is 2.23. The van der Waals surface area contributed by atoms with E-state index in [-0.39, 0.29) is 11.8 Å². The van der Waals surface area contributed by atoms with Crippen molar-refractivity contribution < 1.29 is 9.59 Å². The van der Waals surface area contributed by atoms with E-state index in [2.05, 4.69) is 20.6 Å². The van der Waals surface area contributed by atoms with E-state index in [9.17, 15) is 9.59 Å². The van der Waals surface area contributed by atoms with E-state index in [0.717, 1.165) is 28.0 Å². The Morgan fingerprint density at radius 2 is 1.74 bits per heavy atom. The Morgan fingerprint density at radius 3 is 2.55 bits per heavy atom. The van der Waals surface area contributed by atoms with Crippen molar-refractivity contribution in [2.24, 2.45) is 0 Å². The molecule has 1 unspecified atom stereocenters. The topological polar surface area (TPSA) is 86.9 Å². The molecule has 0 bridgehead atoms. The van der Waals surface area contributed by atoms with Gasteiger partial charge in [-0.1, -0.05) is 54.6 Å². The Kier molecular flexibility index (Phi) is 5.89. The molecule has 6 nitrogen and oxygen atoms in total. The summed E-state index contributed by atoms with van der Waals surface area (Å²) in [5.74, 6) is 0.0930. The van der Waals surface area contributed by atoms with Crippen molar-refractivity contribution in [1.29, 1.82) is 0 Å². The molecule has 3 N–H and O–H groups in total. The van der Waals surface area contributed by atoms with Gasteiger partial charge in [-0.05, 0) is 42.8 Å². The number of nitrogens with one attached hydrogen (secondary N) is 3. The SMILES string of the molecule is CC(NC(=O)/C=C/c1ccccc1)C(=O)Nc1cccc(-c2nc3ccccc3[nH]2)c1. The molecule has 0 saturated heterocycles. The zero-order chi connectivity index (χ0) is 21.6. The van der Waals surface area contributed by atoms with E-state index >= 15 is 0 Å². The van der Waals surface area contributed by atoms with Crippen LogP contribution in [0.4, 0.5) is 5.69 Å². The number of fused-ring (bicyclic) bond motifs is 1. The fourth-order valence-electron chi connectivity index (χ4n) is 3.15. The second kappa shape index (κ2) is 9.09. The summed E-state index contributed by atoms with van der Waals surface area (Å²) < 4.78 is 0. The van der Waals surface area contributed by atoms with Gasteiger partial charge in [-0.15, -0.1) is 0 Å². The van der Waals surface area contributed by atoms with Gasteiger partial charge in [0.15, 0.2) is 0 Å². The van der Waals surface area contributed by atoms with Gasteiger partial charge in [-0.2, -0.15) is 0 Å². The lowest BCUT2D eigenvalue weighted by Crippen LogP contribution is -2.40. The smallest absolute Gasteiger partial charge is 0.246 e. The second-order valence-corrected chi connectivity index (χ2v) is 7.15. The number of carbonyl (C=O) groups is 2. The first-order valence-corrected chi connectivity index (χ1v) is 9.98. The molecule has 0 aliphatic carbocycles. The van der Waals surface area contributed by atoms with Gasteiger partial charge in [-0.25, -0.2) is 4.98 Å². The normalized spacial score (nSPS) is 12.0. The average Bonchev–Trinajstić information content (AvgIpc) is 3.23. The molecule has 0 saturated carbocycles. The Labute approximate surface area is 180 Å². The first-order chi connectivity index (χ1) is 15.1. The van der Waals surface area contributed by atoms with Crippen LogP contribution in [0.15, 0.2) is 84.9 Å². The molecule has 154 valence electrons. The van der Waals surface area contributed by atoms with Crippen LogP contribution in [0, 0.1) is 0 Å². The summed E-state index contributed by atoms with van der Waals surface area (Å²) in [6.45, 7) is 1.65. The van der Waals surface area contributed by atoms with Gasteiger partial charge in [0.2, 0.25) is 11.8 Å². The predicted molar refractivity (Wildman–Crippen MR) is 123 cm³/mol. The molecule has 0 radical (unpaired) electrons. The average molecular weight is 410 g/mol. The summed E-state index contributed by atoms with van der Waals surface area (Å²) >= 11 is 0. The van der Waals surface area contributed by atoms with Crippen LogP contribution < -0.4 is 10.6 Å². The first-order valence-electron chi connectivity index (χ1n) is 9.98. The van der Waals surface area contributed by atoms with E-state index in [0.29, 0.717) is 5.69 Å². The standard InChI is InChI=1S/C25H22N4O2/c1-17(26-23(30)15-14-18-8-3-2-4-9-18)25(31)27-20-11-7-10-19(16-20)24-28-21-12-5-6-13-22(21)29-24/h2-17H,1H3,(H,26,30)(H,27,31)(H,28,29)/b15-14+. The van der Waals surface area contributed by atoms with Crippen LogP contribution in [0.5, 0.6) is 0 Å². The summed E-state index contributed by atoms with van der Waals surface area (Å²) in [4.78, 5) is 32.5. The lowest BCUT2D eigenvalue weighted by Gasteiger charge is -2.13. The van der Waals surface area contributed by atoms with Gasteiger partial charge < -0.3 is 15.6 Å². The van der Waals surface area contributed by atoms with Gasteiger partial charge in [0.05, 0.1) is 11.0 Å². The number of hydrogen-bond donors (Lipinski definition) is 3. The number of aromatic amines is 1. The summed E-state index contributed by atoms with van der Waals surface area (Å²) in [5, 5.41) is 5.52. The molecule has 31 heavy (non-hydrogen) atoms. The molecule has 4 aromatic rings. The number of benzene rings is 3. The van der Waals surface area contributed by atoms with Crippen LogP contribution >= 0.6 is 0 Å². The third-order valence-corrected chi connectivity index (χ3v) is 4.77. The molecular formula is C25H22N4O2. The monoisotopic (exact) mass is 410 g/mol. The Balaban J connectivity index is 1.39. The highest BCUT2D eigenvalue weighted by Gasteiger charge is 2.15. The molecule has 0 aliphatic heterocycles. The lowest BCUT2D eigenvalue weighted by molar-refractivity contribution is -0.123. The van der Waals surface area contributed by atoms with Crippen molar-refractivity contribution in [2.75, 3.05) is 5.32 Å². The number of anilines is 1. The minimum absolute atomic E-state index is 0.303. The number of aromatic nitrogens is 2. The van der Waals surface area contributed by atoms with Gasteiger partial charge in [0.1, 0.15) is 11.9 Å². The van der Waals surface area contributed by atoms with Gasteiger partial charge >= 0.3 is 0 Å². The molecule has 1 atom stereocenters. The summed E-state index contributed by atoms with van der Waals surface area (Å²) in [6.07, 6.45) is 3.12. The number of carbonyl (C=O) groups excluding carboxylic acids is 2. The molecule has 1 heterocycles. The largest absolute Gasteiger partial charge is 0.341 e. The zero-order valence-electron chi connectivity index (χ0n) is 17.0. The van der Waals surface area contributed by atoms with E-state index in [1.807, 2.05) is 72.8 Å². The second-order valence-electron chi connectivity index (χ2n) is 7.15. The fourth-order valence-corrected chi connectivity index (χ4v) is 3.15. The van der Waals surface area contributed by atoms with Crippen LogP contribution in [0.25, 0.3) is 28.5 Å². The molecule has 0 fully saturated rings. The van der Waals surface area contributed by atoms with E-state index in [1.165, 1.54) is 6.08 Å². The maximum atomic E-state index is 12.5. The molecule has 4 rings (SSSR count). The van der Waals surface area contributed by atoms with E-state index in [4.69, 9.17) is 0 Å². The van der Waals surface area contributed by atoms with Crippen molar-refractivity contribution in [2.45, 2.75) is 13.0 Å². The van der Waals surface area contributed by atoms with Gasteiger partial charge in [0.25, 0.3) is 0 Å². The van der Waals surface area contributed by atoms with Crippen molar-refractivity contribution >= 4 is 34.6 Å². The minimum atomic E-state index is -0.692. The van der Waals surface area contributed by atoms with Crippen molar-refractivity contribution in [3.8, 4) is 11.4 Å². The number of imidazole rings is 1. The number of H-pyrrole nitrogens is 1. The van der Waals surface area contributed by atoms with Crippen LogP contribution in [-0.4, -0.2) is 27.8 Å². The molecule has 3 aromatic carbocycles. The third kappa shape index (κ3) is 5.05. The molecular weight excluding hydrogens is 388 g/mol. The highest BCUT2D eigenvalue weighted by molar-refractivity contribution is 6.00. The maximum absolute atomic E-state index is 12.5. The maximum Gasteiger partial charge on any atom is 0.246 e. The lowest BCUT2D eigenvalue weighted by atomic mass is 10.2. The van der Waals surface area contributed by atoms with Crippen molar-refractivity contribution in [3.63, 3.8) is 0 Å². The van der Waals surface area contributed by atoms with E-state index < -0.39 is 6.04 Å². The summed E-state index contributed by atoms with van der Waals surface area (Å²) in [7, 11) is 0. The Morgan fingerprint density at radius 1 is 0.968 bits per heavy atom. The predicted octanol–water partition coefficient (Wildman–Crippen LogP) is 4.39. The number of nitrogens with zero attached hydrogens (tertiary/aromatic N) is 1. The number of para-hydroxylation sites is 2. The zero-order valence-corrected chi connectivity index (χ0v) is 17.0. The first kappa shape index (κ1) is 20.1. The quantitative estimate of drug-likeness (QED) is 0.412. The van der Waals surface area contributed by atoms with Crippen LogP contribution in [0.3, 0.4) is 0 Å². The summed E-state index contributed by atoms with van der Waals surface area (Å²) in [5.41, 5.74) is 4.23. The molecule has 1 aromatic heterocycles. The van der Waals surface area contributed by atoms with Crippen LogP contribution in [0.2, 0.25) is 0 Å². The highest BCUT2D eigenvalue weighted by atomic mass is 16.2. The van der Waals surface area contributed by atoms with Gasteiger partial charge in [-0.3, -0.25) is 9.59 Å². The van der Waals surface area contributed by atoms with Gasteiger partial charge in [0, 0.05) is 17.3 Å². The van der Waals surface area contributed by atoms with Crippen molar-refractivity contribution in [1.82, 2.24) is 15.3 Å². The molecule has 0 spiro atoms. The minimum Gasteiger partial charge on any atom is -0.341 e. The number of amides is 2. The van der Waals surface area contributed by atoms with Crippen molar-refractivity contribution in [3.05, 3.63) is 90.5 Å². The number of rotatable bonds is 6. The number of hydrogen-bond acceptors (Lipinski definition) is 3. The van der Waals surface area contributed by atoms with Crippen LogP contribution in [0.1, 0.15) is 12.5 Å².